The number of nitrogens with one attached hydrogen (secondary N) is 2. The van der Waals surface area contributed by atoms with Gasteiger partial charge in [0.2, 0.25) is 5.89 Å². The maximum absolute atomic E-state index is 10.6. The van der Waals surface area contributed by atoms with Crippen LogP contribution in [0.3, 0.4) is 0 Å². The fraction of sp³-hybridized carbons (Fsp3) is 0.714. The van der Waals surface area contributed by atoms with Crippen LogP contribution in [0, 0.1) is 0 Å². The summed E-state index contributed by atoms with van der Waals surface area (Å²) in [6.45, 7) is 0.973. The van der Waals surface area contributed by atoms with E-state index in [1.54, 1.807) is 0 Å². The van der Waals surface area contributed by atoms with E-state index in [2.05, 4.69) is 15.5 Å². The van der Waals surface area contributed by atoms with Gasteiger partial charge in [-0.15, -0.1) is 5.10 Å². The van der Waals surface area contributed by atoms with E-state index < -0.39 is 5.76 Å². The van der Waals surface area contributed by atoms with Gasteiger partial charge in [0.1, 0.15) is 0 Å². The number of hydrogen-bond donors (Lipinski definition) is 2. The molecule has 2 N–H and O–H groups in total. The average Bonchev–Trinajstić information content (AvgIpc) is 2.54. The van der Waals surface area contributed by atoms with Gasteiger partial charge in [0.25, 0.3) is 0 Å². The van der Waals surface area contributed by atoms with Crippen molar-refractivity contribution in [2.75, 3.05) is 6.54 Å². The van der Waals surface area contributed by atoms with E-state index in [4.69, 9.17) is 4.42 Å². The van der Waals surface area contributed by atoms with Crippen molar-refractivity contribution in [3.63, 3.8) is 0 Å². The van der Waals surface area contributed by atoms with Crippen LogP contribution in [0.4, 0.5) is 0 Å². The molecule has 1 atom stereocenters. The molecule has 1 unspecified atom stereocenters. The molecule has 12 heavy (non-hydrogen) atoms. The van der Waals surface area contributed by atoms with Gasteiger partial charge in [0.15, 0.2) is 0 Å². The minimum Gasteiger partial charge on any atom is -0.391 e. The number of piperidine rings is 1. The molecule has 0 bridgehead atoms. The lowest BCUT2D eigenvalue weighted by Gasteiger charge is -2.19. The third-order valence-corrected chi connectivity index (χ3v) is 2.06. The molecule has 1 aromatic rings. The molecule has 66 valence electrons. The van der Waals surface area contributed by atoms with Crippen LogP contribution in [0.2, 0.25) is 0 Å². The second-order valence-electron chi connectivity index (χ2n) is 2.95. The highest BCUT2D eigenvalue weighted by molar-refractivity contribution is 4.88. The van der Waals surface area contributed by atoms with Crippen molar-refractivity contribution in [3.8, 4) is 0 Å². The van der Waals surface area contributed by atoms with Crippen LogP contribution in [-0.2, 0) is 0 Å². The molecule has 0 radical (unpaired) electrons. The molecule has 1 aromatic heterocycles. The van der Waals surface area contributed by atoms with Crippen LogP contribution in [-0.4, -0.2) is 16.7 Å². The lowest BCUT2D eigenvalue weighted by atomic mass is 10.1. The Balaban J connectivity index is 2.13. The van der Waals surface area contributed by atoms with E-state index in [0.717, 1.165) is 19.4 Å². The molecular formula is C7H11N3O2. The first kappa shape index (κ1) is 7.54. The SMILES string of the molecule is O=c1[nH]nc(C2CCCCN2)o1. The summed E-state index contributed by atoms with van der Waals surface area (Å²) in [5.41, 5.74) is 0. The van der Waals surface area contributed by atoms with Crippen molar-refractivity contribution in [3.05, 3.63) is 16.4 Å². The quantitative estimate of drug-likeness (QED) is 0.629. The Morgan fingerprint density at radius 1 is 1.50 bits per heavy atom. The number of aromatic amines is 1. The highest BCUT2D eigenvalue weighted by Gasteiger charge is 2.19. The summed E-state index contributed by atoms with van der Waals surface area (Å²) in [4.78, 5) is 10.6. The van der Waals surface area contributed by atoms with Gasteiger partial charge >= 0.3 is 5.76 Å². The third kappa shape index (κ3) is 1.40. The first-order valence-electron chi connectivity index (χ1n) is 4.15. The predicted octanol–water partition coefficient (Wildman–Crippen LogP) is 0.177. The van der Waals surface area contributed by atoms with E-state index in [0.29, 0.717) is 5.89 Å². The number of hydrogen-bond acceptors (Lipinski definition) is 4. The molecule has 5 nitrogen and oxygen atoms in total. The van der Waals surface area contributed by atoms with E-state index >= 15 is 0 Å². The normalized spacial score (nSPS) is 24.2. The van der Waals surface area contributed by atoms with Crippen LogP contribution >= 0.6 is 0 Å². The molecule has 1 aliphatic heterocycles. The lowest BCUT2D eigenvalue weighted by molar-refractivity contribution is 0.331. The van der Waals surface area contributed by atoms with Crippen molar-refractivity contribution < 1.29 is 4.42 Å². The van der Waals surface area contributed by atoms with E-state index in [-0.39, 0.29) is 6.04 Å². The zero-order valence-electron chi connectivity index (χ0n) is 6.67. The van der Waals surface area contributed by atoms with Gasteiger partial charge in [-0.05, 0) is 19.4 Å². The molecule has 0 amide bonds. The van der Waals surface area contributed by atoms with Gasteiger partial charge in [-0.1, -0.05) is 6.42 Å². The Labute approximate surface area is 69.2 Å². The molecule has 1 fully saturated rings. The monoisotopic (exact) mass is 169 g/mol. The highest BCUT2D eigenvalue weighted by atomic mass is 16.4. The molecule has 1 saturated heterocycles. The summed E-state index contributed by atoms with van der Waals surface area (Å²) in [5, 5.41) is 9.26. The largest absolute Gasteiger partial charge is 0.434 e. The Morgan fingerprint density at radius 2 is 2.42 bits per heavy atom. The van der Waals surface area contributed by atoms with Crippen LogP contribution in [0.5, 0.6) is 0 Å². The molecule has 0 aliphatic carbocycles. The van der Waals surface area contributed by atoms with Gasteiger partial charge < -0.3 is 9.73 Å². The second-order valence-corrected chi connectivity index (χ2v) is 2.95. The van der Waals surface area contributed by atoms with Gasteiger partial charge in [-0.3, -0.25) is 0 Å². The summed E-state index contributed by atoms with van der Waals surface area (Å²) in [6.07, 6.45) is 3.34. The first-order valence-corrected chi connectivity index (χ1v) is 4.15. The van der Waals surface area contributed by atoms with Gasteiger partial charge in [0, 0.05) is 0 Å². The van der Waals surface area contributed by atoms with Crippen molar-refractivity contribution >= 4 is 0 Å². The molecule has 2 heterocycles. The Hall–Kier alpha value is -1.10. The fourth-order valence-electron chi connectivity index (χ4n) is 1.45. The van der Waals surface area contributed by atoms with Crippen LogP contribution in [0.15, 0.2) is 9.21 Å². The van der Waals surface area contributed by atoms with Gasteiger partial charge in [0.05, 0.1) is 6.04 Å². The van der Waals surface area contributed by atoms with Gasteiger partial charge in [-0.25, -0.2) is 9.89 Å². The Kier molecular flexibility index (Phi) is 1.95. The van der Waals surface area contributed by atoms with Crippen LogP contribution in [0.1, 0.15) is 31.2 Å². The maximum atomic E-state index is 10.6. The summed E-state index contributed by atoms with van der Waals surface area (Å²) in [6, 6.07) is 0.123. The highest BCUT2D eigenvalue weighted by Crippen LogP contribution is 2.19. The van der Waals surface area contributed by atoms with Crippen molar-refractivity contribution in [2.45, 2.75) is 25.3 Å². The minimum absolute atomic E-state index is 0.123. The van der Waals surface area contributed by atoms with Crippen molar-refractivity contribution in [1.82, 2.24) is 15.5 Å². The molecule has 0 aromatic carbocycles. The van der Waals surface area contributed by atoms with Crippen LogP contribution in [0.25, 0.3) is 0 Å². The fourth-order valence-corrected chi connectivity index (χ4v) is 1.45. The Morgan fingerprint density at radius 3 is 3.00 bits per heavy atom. The Bertz CT molecular complexity index is 298. The number of rotatable bonds is 1. The third-order valence-electron chi connectivity index (χ3n) is 2.06. The topological polar surface area (TPSA) is 70.9 Å². The minimum atomic E-state index is -0.475. The van der Waals surface area contributed by atoms with E-state index in [1.165, 1.54) is 6.42 Å². The molecular weight excluding hydrogens is 158 g/mol. The summed E-state index contributed by atoms with van der Waals surface area (Å²) < 4.78 is 4.84. The molecule has 0 saturated carbocycles. The lowest BCUT2D eigenvalue weighted by Crippen LogP contribution is -2.27. The summed E-state index contributed by atoms with van der Waals surface area (Å²) in [7, 11) is 0. The number of nitrogens with zero attached hydrogens (tertiary/aromatic N) is 1. The summed E-state index contributed by atoms with van der Waals surface area (Å²) >= 11 is 0. The molecule has 1 aliphatic rings. The molecule has 5 heteroatoms. The zero-order valence-corrected chi connectivity index (χ0v) is 6.67. The molecule has 0 spiro atoms. The van der Waals surface area contributed by atoms with Gasteiger partial charge in [-0.2, -0.15) is 0 Å². The van der Waals surface area contributed by atoms with Crippen LogP contribution < -0.4 is 11.1 Å². The standard InChI is InChI=1S/C7H11N3O2/c11-7-10-9-6(12-7)5-3-1-2-4-8-5/h5,8H,1-4H2,(H,10,11). The number of H-pyrrole nitrogens is 1. The average molecular weight is 169 g/mol. The second kappa shape index (κ2) is 3.10. The maximum Gasteiger partial charge on any atom is 0.434 e. The smallest absolute Gasteiger partial charge is 0.391 e. The molecule has 2 rings (SSSR count). The first-order chi connectivity index (χ1) is 5.86. The zero-order chi connectivity index (χ0) is 8.39. The summed E-state index contributed by atoms with van der Waals surface area (Å²) in [5.74, 6) is 0.0112. The van der Waals surface area contributed by atoms with E-state index in [1.807, 2.05) is 0 Å². The van der Waals surface area contributed by atoms with Crippen molar-refractivity contribution in [1.29, 1.82) is 0 Å². The number of aromatic nitrogens is 2. The predicted molar refractivity (Wildman–Crippen MR) is 41.7 cm³/mol. The van der Waals surface area contributed by atoms with Crippen molar-refractivity contribution in [2.24, 2.45) is 0 Å². The van der Waals surface area contributed by atoms with E-state index in [9.17, 15) is 4.79 Å².